The van der Waals surface area contributed by atoms with Crippen LogP contribution in [0.15, 0.2) is 60.7 Å². The minimum absolute atomic E-state index is 0.565. The summed E-state index contributed by atoms with van der Waals surface area (Å²) in [5.41, 5.74) is 2.76. The van der Waals surface area contributed by atoms with Crippen molar-refractivity contribution in [1.29, 1.82) is 0 Å². The maximum atomic E-state index is 5.20. The lowest BCUT2D eigenvalue weighted by Gasteiger charge is -2.09. The van der Waals surface area contributed by atoms with Gasteiger partial charge in [-0.3, -0.25) is 0 Å². The number of hydrogen-bond acceptors (Lipinski definition) is 5. The van der Waals surface area contributed by atoms with Gasteiger partial charge in [0.15, 0.2) is 5.82 Å². The normalized spacial score (nSPS) is 10.8. The minimum atomic E-state index is 0.565. The third-order valence-electron chi connectivity index (χ3n) is 3.83. The van der Waals surface area contributed by atoms with Gasteiger partial charge in [0.2, 0.25) is 0 Å². The Labute approximate surface area is 145 Å². The molecule has 0 saturated carbocycles. The van der Waals surface area contributed by atoms with Crippen molar-refractivity contribution in [2.75, 3.05) is 12.4 Å². The average molecular weight is 331 g/mol. The van der Waals surface area contributed by atoms with Crippen LogP contribution in [0.2, 0.25) is 0 Å². The zero-order chi connectivity index (χ0) is 17.2. The fourth-order valence-electron chi connectivity index (χ4n) is 2.61. The molecular weight excluding hydrogens is 314 g/mol. The first-order chi connectivity index (χ1) is 12.2. The SMILES string of the molecule is COc1ccc(Nc2cc(C)nc3nc(-c4ccccc4)nn23)cc1. The largest absolute Gasteiger partial charge is 0.497 e. The molecule has 4 aromatic rings. The molecule has 0 aliphatic heterocycles. The topological polar surface area (TPSA) is 64.3 Å². The molecule has 1 N–H and O–H groups in total. The number of aromatic nitrogens is 4. The molecule has 124 valence electrons. The van der Waals surface area contributed by atoms with E-state index in [1.54, 1.807) is 11.6 Å². The van der Waals surface area contributed by atoms with Crippen LogP contribution in [-0.4, -0.2) is 26.7 Å². The van der Waals surface area contributed by atoms with Crippen LogP contribution in [0.3, 0.4) is 0 Å². The summed E-state index contributed by atoms with van der Waals surface area (Å²) in [6.07, 6.45) is 0. The lowest BCUT2D eigenvalue weighted by Crippen LogP contribution is -2.02. The van der Waals surface area contributed by atoms with Gasteiger partial charge in [-0.25, -0.2) is 4.98 Å². The number of methoxy groups -OCH3 is 1. The number of nitrogens with one attached hydrogen (secondary N) is 1. The molecule has 25 heavy (non-hydrogen) atoms. The molecule has 6 nitrogen and oxygen atoms in total. The summed E-state index contributed by atoms with van der Waals surface area (Å²) in [6.45, 7) is 1.94. The van der Waals surface area contributed by atoms with Gasteiger partial charge in [0.25, 0.3) is 5.78 Å². The number of rotatable bonds is 4. The first-order valence-corrected chi connectivity index (χ1v) is 7.94. The van der Waals surface area contributed by atoms with Gasteiger partial charge in [0, 0.05) is 23.0 Å². The van der Waals surface area contributed by atoms with Gasteiger partial charge in [-0.1, -0.05) is 30.3 Å². The van der Waals surface area contributed by atoms with Gasteiger partial charge < -0.3 is 10.1 Å². The summed E-state index contributed by atoms with van der Waals surface area (Å²) in [7, 11) is 1.65. The molecule has 2 aromatic heterocycles. The van der Waals surface area contributed by atoms with E-state index in [0.29, 0.717) is 11.6 Å². The third kappa shape index (κ3) is 3.01. The van der Waals surface area contributed by atoms with Crippen LogP contribution in [0.25, 0.3) is 17.2 Å². The van der Waals surface area contributed by atoms with E-state index in [9.17, 15) is 0 Å². The average Bonchev–Trinajstić information content (AvgIpc) is 3.07. The van der Waals surface area contributed by atoms with E-state index in [0.717, 1.165) is 28.5 Å². The van der Waals surface area contributed by atoms with Crippen molar-refractivity contribution in [3.05, 3.63) is 66.4 Å². The second kappa shape index (κ2) is 6.24. The van der Waals surface area contributed by atoms with Crippen LogP contribution >= 0.6 is 0 Å². The highest BCUT2D eigenvalue weighted by atomic mass is 16.5. The van der Waals surface area contributed by atoms with Gasteiger partial charge in [-0.15, -0.1) is 5.10 Å². The number of hydrogen-bond donors (Lipinski definition) is 1. The Bertz CT molecular complexity index is 1010. The van der Waals surface area contributed by atoms with E-state index in [1.165, 1.54) is 0 Å². The lowest BCUT2D eigenvalue weighted by atomic mass is 10.2. The molecule has 0 bridgehead atoms. The predicted molar refractivity (Wildman–Crippen MR) is 97.2 cm³/mol. The zero-order valence-electron chi connectivity index (χ0n) is 14.0. The van der Waals surface area contributed by atoms with Gasteiger partial charge >= 0.3 is 0 Å². The van der Waals surface area contributed by atoms with Gasteiger partial charge in [-0.05, 0) is 31.2 Å². The van der Waals surface area contributed by atoms with Crippen molar-refractivity contribution in [1.82, 2.24) is 19.6 Å². The molecule has 0 unspecified atom stereocenters. The molecule has 0 spiro atoms. The Balaban J connectivity index is 1.76. The standard InChI is InChI=1S/C19H17N5O/c1-13-12-17(21-15-8-10-16(25-2)11-9-15)24-19(20-13)22-18(23-24)14-6-4-3-5-7-14/h3-12,21H,1-2H3. The van der Waals surface area contributed by atoms with Gasteiger partial charge in [0.1, 0.15) is 11.6 Å². The quantitative estimate of drug-likeness (QED) is 0.615. The molecule has 0 saturated heterocycles. The van der Waals surface area contributed by atoms with Crippen molar-refractivity contribution < 1.29 is 4.74 Å². The minimum Gasteiger partial charge on any atom is -0.497 e. The van der Waals surface area contributed by atoms with Crippen molar-refractivity contribution in [2.45, 2.75) is 6.92 Å². The number of aryl methyl sites for hydroxylation is 1. The Morgan fingerprint density at radius 1 is 0.960 bits per heavy atom. The summed E-state index contributed by atoms with van der Waals surface area (Å²) < 4.78 is 6.92. The van der Waals surface area contributed by atoms with Crippen LogP contribution in [0.1, 0.15) is 5.69 Å². The van der Waals surface area contributed by atoms with E-state index in [-0.39, 0.29) is 0 Å². The van der Waals surface area contributed by atoms with Crippen LogP contribution < -0.4 is 10.1 Å². The van der Waals surface area contributed by atoms with Gasteiger partial charge in [0.05, 0.1) is 7.11 Å². The van der Waals surface area contributed by atoms with E-state index in [2.05, 4.69) is 20.4 Å². The van der Waals surface area contributed by atoms with E-state index in [4.69, 9.17) is 4.74 Å². The molecule has 0 aliphatic rings. The van der Waals surface area contributed by atoms with E-state index >= 15 is 0 Å². The Morgan fingerprint density at radius 3 is 2.44 bits per heavy atom. The summed E-state index contributed by atoms with van der Waals surface area (Å²) in [5, 5.41) is 7.98. The molecule has 2 heterocycles. The fourth-order valence-corrected chi connectivity index (χ4v) is 2.61. The number of benzene rings is 2. The van der Waals surface area contributed by atoms with E-state index < -0.39 is 0 Å². The second-order valence-corrected chi connectivity index (χ2v) is 5.65. The van der Waals surface area contributed by atoms with Crippen molar-refractivity contribution in [3.8, 4) is 17.1 Å². The highest BCUT2D eigenvalue weighted by molar-refractivity contribution is 5.62. The maximum absolute atomic E-state index is 5.20. The first-order valence-electron chi connectivity index (χ1n) is 7.94. The number of fused-ring (bicyclic) bond motifs is 1. The molecular formula is C19H17N5O. The Hall–Kier alpha value is -3.41. The molecule has 4 rings (SSSR count). The van der Waals surface area contributed by atoms with Crippen LogP contribution in [0.4, 0.5) is 11.5 Å². The van der Waals surface area contributed by atoms with Crippen molar-refractivity contribution >= 4 is 17.3 Å². The first kappa shape index (κ1) is 15.1. The lowest BCUT2D eigenvalue weighted by molar-refractivity contribution is 0.415. The van der Waals surface area contributed by atoms with Crippen LogP contribution in [-0.2, 0) is 0 Å². The van der Waals surface area contributed by atoms with Gasteiger partial charge in [-0.2, -0.15) is 9.50 Å². The highest BCUT2D eigenvalue weighted by Gasteiger charge is 2.11. The molecule has 2 aromatic carbocycles. The molecule has 0 fully saturated rings. The molecule has 0 amide bonds. The summed E-state index contributed by atoms with van der Waals surface area (Å²) in [4.78, 5) is 9.04. The van der Waals surface area contributed by atoms with Crippen molar-refractivity contribution in [3.63, 3.8) is 0 Å². The molecule has 0 radical (unpaired) electrons. The monoisotopic (exact) mass is 331 g/mol. The molecule has 0 atom stereocenters. The Kier molecular flexibility index (Phi) is 3.78. The van der Waals surface area contributed by atoms with Crippen LogP contribution in [0, 0.1) is 6.92 Å². The maximum Gasteiger partial charge on any atom is 0.254 e. The smallest absolute Gasteiger partial charge is 0.254 e. The Morgan fingerprint density at radius 2 is 1.72 bits per heavy atom. The zero-order valence-corrected chi connectivity index (χ0v) is 14.0. The van der Waals surface area contributed by atoms with E-state index in [1.807, 2.05) is 67.6 Å². The van der Waals surface area contributed by atoms with Crippen LogP contribution in [0.5, 0.6) is 5.75 Å². The summed E-state index contributed by atoms with van der Waals surface area (Å²) in [6, 6.07) is 19.5. The number of nitrogens with zero attached hydrogens (tertiary/aromatic N) is 4. The predicted octanol–water partition coefficient (Wildman–Crippen LogP) is 3.85. The summed E-state index contributed by atoms with van der Waals surface area (Å²) in [5.74, 6) is 2.84. The molecule has 6 heteroatoms. The third-order valence-corrected chi connectivity index (χ3v) is 3.83. The summed E-state index contributed by atoms with van der Waals surface area (Å²) >= 11 is 0. The fraction of sp³-hybridized carbons (Fsp3) is 0.105. The highest BCUT2D eigenvalue weighted by Crippen LogP contribution is 2.22. The molecule has 0 aliphatic carbocycles. The number of ether oxygens (including phenoxy) is 1. The second-order valence-electron chi connectivity index (χ2n) is 5.65. The van der Waals surface area contributed by atoms with Crippen molar-refractivity contribution in [2.24, 2.45) is 0 Å². The number of anilines is 2.